The summed E-state index contributed by atoms with van der Waals surface area (Å²) in [4.78, 5) is 33.7. The Kier molecular flexibility index (Phi) is 8.41. The molecule has 1 aliphatic heterocycles. The number of amides is 1. The fourth-order valence-corrected chi connectivity index (χ4v) is 4.44. The van der Waals surface area contributed by atoms with Crippen molar-refractivity contribution in [2.24, 2.45) is 5.41 Å². The topological polar surface area (TPSA) is 93.2 Å². The molecule has 2 aromatic carbocycles. The number of anilines is 2. The first-order chi connectivity index (χ1) is 18.2. The number of ketones is 1. The summed E-state index contributed by atoms with van der Waals surface area (Å²) in [5, 5.41) is 5.77. The average molecular weight is 527 g/mol. The number of hydrogen-bond acceptors (Lipinski definition) is 6. The van der Waals surface area contributed by atoms with Crippen LogP contribution in [0.2, 0.25) is 0 Å². The normalized spacial score (nSPS) is 17.3. The quantitative estimate of drug-likeness (QED) is 0.333. The van der Waals surface area contributed by atoms with Gasteiger partial charge in [0.05, 0.1) is 28.8 Å². The summed E-state index contributed by atoms with van der Waals surface area (Å²) in [5.74, 6) is 0.395. The van der Waals surface area contributed by atoms with Gasteiger partial charge < -0.3 is 15.4 Å². The highest BCUT2D eigenvalue weighted by molar-refractivity contribution is 5.95. The molecule has 0 bridgehead atoms. The molecule has 0 radical (unpaired) electrons. The molecule has 1 fully saturated rings. The lowest BCUT2D eigenvalue weighted by Crippen LogP contribution is -2.41. The Morgan fingerprint density at radius 3 is 2.42 bits per heavy atom. The number of halogens is 3. The van der Waals surface area contributed by atoms with Crippen molar-refractivity contribution < 1.29 is 27.5 Å². The van der Waals surface area contributed by atoms with Crippen molar-refractivity contribution in [1.29, 1.82) is 0 Å². The molecule has 7 nitrogen and oxygen atoms in total. The van der Waals surface area contributed by atoms with Gasteiger partial charge in [-0.05, 0) is 56.0 Å². The molecule has 1 amide bonds. The SMILES string of the molecule is Cc1ncc(C(=O)CCC[C@@]2(C(=O)NCc3ccc(Nc4ccccc4C(F)(F)F)cc3)CCOC2)cn1. The van der Waals surface area contributed by atoms with E-state index in [1.165, 1.54) is 30.6 Å². The number of aromatic nitrogens is 2. The highest BCUT2D eigenvalue weighted by Crippen LogP contribution is 2.36. The lowest BCUT2D eigenvalue weighted by atomic mass is 9.80. The third-order valence-electron chi connectivity index (χ3n) is 6.67. The van der Waals surface area contributed by atoms with Crippen LogP contribution in [-0.4, -0.2) is 34.9 Å². The molecule has 2 heterocycles. The zero-order chi connectivity index (χ0) is 27.2. The minimum atomic E-state index is -4.46. The van der Waals surface area contributed by atoms with Gasteiger partial charge in [0, 0.05) is 37.7 Å². The molecule has 0 saturated carbocycles. The largest absolute Gasteiger partial charge is 0.418 e. The van der Waals surface area contributed by atoms with Gasteiger partial charge in [-0.3, -0.25) is 9.59 Å². The number of rotatable bonds is 10. The smallest absolute Gasteiger partial charge is 0.380 e. The fourth-order valence-electron chi connectivity index (χ4n) is 4.44. The van der Waals surface area contributed by atoms with Gasteiger partial charge >= 0.3 is 6.18 Å². The van der Waals surface area contributed by atoms with Gasteiger partial charge in [0.25, 0.3) is 0 Å². The molecule has 2 N–H and O–H groups in total. The fraction of sp³-hybridized carbons (Fsp3) is 0.357. The Balaban J connectivity index is 1.31. The number of hydrogen-bond donors (Lipinski definition) is 2. The lowest BCUT2D eigenvalue weighted by Gasteiger charge is -2.26. The summed E-state index contributed by atoms with van der Waals surface area (Å²) in [7, 11) is 0. The number of nitrogens with one attached hydrogen (secondary N) is 2. The van der Waals surface area contributed by atoms with Crippen molar-refractivity contribution in [2.45, 2.75) is 45.3 Å². The van der Waals surface area contributed by atoms with E-state index in [0.29, 0.717) is 49.6 Å². The summed E-state index contributed by atoms with van der Waals surface area (Å²) < 4.78 is 45.3. The molecule has 200 valence electrons. The third-order valence-corrected chi connectivity index (χ3v) is 6.67. The van der Waals surface area contributed by atoms with Gasteiger partial charge in [0.1, 0.15) is 5.82 Å². The van der Waals surface area contributed by atoms with E-state index in [1.54, 1.807) is 31.2 Å². The summed E-state index contributed by atoms with van der Waals surface area (Å²) in [6.45, 7) is 2.79. The molecule has 1 aromatic heterocycles. The Labute approximate surface area is 218 Å². The van der Waals surface area contributed by atoms with Gasteiger partial charge in [-0.25, -0.2) is 9.97 Å². The number of aryl methyl sites for hydroxylation is 1. The van der Waals surface area contributed by atoms with Gasteiger partial charge in [-0.2, -0.15) is 13.2 Å². The predicted octanol–water partition coefficient (Wildman–Crippen LogP) is 5.62. The molecule has 0 spiro atoms. The van der Waals surface area contributed by atoms with Gasteiger partial charge in [-0.15, -0.1) is 0 Å². The van der Waals surface area contributed by atoms with Gasteiger partial charge in [-0.1, -0.05) is 24.3 Å². The number of nitrogens with zero attached hydrogens (tertiary/aromatic N) is 2. The molecule has 3 aromatic rings. The number of ether oxygens (including phenoxy) is 1. The molecule has 1 atom stereocenters. The molecule has 0 aliphatic carbocycles. The number of para-hydroxylation sites is 1. The van der Waals surface area contributed by atoms with Crippen molar-refractivity contribution >= 4 is 23.1 Å². The molecular weight excluding hydrogens is 497 g/mol. The molecule has 38 heavy (non-hydrogen) atoms. The first-order valence-electron chi connectivity index (χ1n) is 12.4. The third kappa shape index (κ3) is 6.74. The Morgan fingerprint density at radius 1 is 1.05 bits per heavy atom. The van der Waals surface area contributed by atoms with E-state index >= 15 is 0 Å². The van der Waals surface area contributed by atoms with Gasteiger partial charge in [0.15, 0.2) is 5.78 Å². The van der Waals surface area contributed by atoms with E-state index in [1.807, 2.05) is 0 Å². The molecule has 10 heteroatoms. The summed E-state index contributed by atoms with van der Waals surface area (Å²) >= 11 is 0. The summed E-state index contributed by atoms with van der Waals surface area (Å²) in [6, 6.07) is 12.1. The zero-order valence-corrected chi connectivity index (χ0v) is 21.0. The van der Waals surface area contributed by atoms with Crippen LogP contribution < -0.4 is 10.6 Å². The molecule has 1 saturated heterocycles. The first-order valence-corrected chi connectivity index (χ1v) is 12.4. The summed E-state index contributed by atoms with van der Waals surface area (Å²) in [5.41, 5.74) is 0.286. The van der Waals surface area contributed by atoms with Crippen LogP contribution in [0.5, 0.6) is 0 Å². The number of carbonyl (C=O) groups is 2. The van der Waals surface area contributed by atoms with E-state index in [9.17, 15) is 22.8 Å². The van der Waals surface area contributed by atoms with Crippen LogP contribution in [0.1, 0.15) is 53.0 Å². The first kappa shape index (κ1) is 27.3. The Hall–Kier alpha value is -3.79. The number of benzene rings is 2. The second-order valence-corrected chi connectivity index (χ2v) is 9.43. The van der Waals surface area contributed by atoms with E-state index < -0.39 is 17.2 Å². The maximum atomic E-state index is 13.2. The van der Waals surface area contributed by atoms with Crippen molar-refractivity contribution in [3.05, 3.63) is 83.4 Å². The minimum Gasteiger partial charge on any atom is -0.380 e. The predicted molar refractivity (Wildman–Crippen MR) is 136 cm³/mol. The maximum absolute atomic E-state index is 13.2. The standard InChI is InChI=1S/C28H29F3N4O3/c1-19-32-16-21(17-33-19)25(36)7-4-12-27(13-14-38-18-27)26(37)34-15-20-8-10-22(11-9-20)35-24-6-3-2-5-23(24)28(29,30)31/h2-3,5-6,8-11,16-17,35H,4,7,12-15,18H2,1H3,(H,34,37)/t27-/m1/s1. The van der Waals surface area contributed by atoms with E-state index in [2.05, 4.69) is 20.6 Å². The molecular formula is C28H29F3N4O3. The number of carbonyl (C=O) groups excluding carboxylic acids is 2. The molecule has 1 aliphatic rings. The van der Waals surface area contributed by atoms with E-state index in [0.717, 1.165) is 11.6 Å². The van der Waals surface area contributed by atoms with Crippen LogP contribution in [-0.2, 0) is 22.3 Å². The number of alkyl halides is 3. The van der Waals surface area contributed by atoms with Crippen molar-refractivity contribution in [3.63, 3.8) is 0 Å². The van der Waals surface area contributed by atoms with Crippen LogP contribution in [0.4, 0.5) is 24.5 Å². The van der Waals surface area contributed by atoms with Crippen molar-refractivity contribution in [2.75, 3.05) is 18.5 Å². The van der Waals surface area contributed by atoms with Crippen molar-refractivity contribution in [1.82, 2.24) is 15.3 Å². The minimum absolute atomic E-state index is 0.0300. The highest BCUT2D eigenvalue weighted by Gasteiger charge is 2.41. The Morgan fingerprint density at radius 2 is 1.76 bits per heavy atom. The molecule has 0 unspecified atom stereocenters. The van der Waals surface area contributed by atoms with Crippen molar-refractivity contribution in [3.8, 4) is 0 Å². The van der Waals surface area contributed by atoms with Crippen LogP contribution in [0, 0.1) is 12.3 Å². The second-order valence-electron chi connectivity index (χ2n) is 9.43. The zero-order valence-electron chi connectivity index (χ0n) is 21.0. The Bertz CT molecular complexity index is 1260. The second kappa shape index (κ2) is 11.7. The van der Waals surface area contributed by atoms with Crippen LogP contribution in [0.3, 0.4) is 0 Å². The lowest BCUT2D eigenvalue weighted by molar-refractivity contribution is -0.137. The summed E-state index contributed by atoms with van der Waals surface area (Å²) in [6.07, 6.45) is 0.469. The van der Waals surface area contributed by atoms with Crippen LogP contribution in [0.15, 0.2) is 60.9 Å². The highest BCUT2D eigenvalue weighted by atomic mass is 19.4. The van der Waals surface area contributed by atoms with Gasteiger partial charge in [0.2, 0.25) is 5.91 Å². The number of Topliss-reactive ketones (excluding diaryl/α,β-unsaturated/α-hetero) is 1. The van der Waals surface area contributed by atoms with Crippen LogP contribution in [0.25, 0.3) is 0 Å². The van der Waals surface area contributed by atoms with E-state index in [4.69, 9.17) is 4.74 Å². The maximum Gasteiger partial charge on any atom is 0.418 e. The van der Waals surface area contributed by atoms with Crippen LogP contribution >= 0.6 is 0 Å². The van der Waals surface area contributed by atoms with E-state index in [-0.39, 0.29) is 30.3 Å². The average Bonchev–Trinajstić information content (AvgIpc) is 3.38. The monoisotopic (exact) mass is 526 g/mol. The molecule has 4 rings (SSSR count).